The van der Waals surface area contributed by atoms with Gasteiger partial charge in [-0.2, -0.15) is 0 Å². The summed E-state index contributed by atoms with van der Waals surface area (Å²) in [5.74, 6) is -2.65. The van der Waals surface area contributed by atoms with Gasteiger partial charge in [-0.15, -0.1) is 0 Å². The van der Waals surface area contributed by atoms with Gasteiger partial charge in [0.25, 0.3) is 0 Å². The normalized spacial score (nSPS) is 15.8. The van der Waals surface area contributed by atoms with Crippen LogP contribution in [-0.2, 0) is 4.79 Å². The van der Waals surface area contributed by atoms with Crippen LogP contribution in [0.3, 0.4) is 0 Å². The maximum absolute atomic E-state index is 13.8. The summed E-state index contributed by atoms with van der Waals surface area (Å²) in [7, 11) is 1.37. The molecule has 0 spiro atoms. The Kier molecular flexibility index (Phi) is 4.29. The van der Waals surface area contributed by atoms with Gasteiger partial charge < -0.3 is 14.9 Å². The van der Waals surface area contributed by atoms with Gasteiger partial charge >= 0.3 is 5.97 Å². The standard InChI is InChI=1S/C13H17FO4/c1-4-13(17,12(15)16)8(2)11-9(14)6-5-7-10(11)18-3/h5-8,17H,4H2,1-3H3,(H,15,16). The van der Waals surface area contributed by atoms with Gasteiger partial charge in [0, 0.05) is 11.5 Å². The lowest BCUT2D eigenvalue weighted by molar-refractivity contribution is -0.161. The largest absolute Gasteiger partial charge is 0.496 e. The molecule has 2 N–H and O–H groups in total. The molecule has 2 unspecified atom stereocenters. The number of rotatable bonds is 5. The molecule has 0 aliphatic heterocycles. The van der Waals surface area contributed by atoms with E-state index in [4.69, 9.17) is 9.84 Å². The lowest BCUT2D eigenvalue weighted by Crippen LogP contribution is -2.43. The van der Waals surface area contributed by atoms with Gasteiger partial charge in [0.05, 0.1) is 7.11 Å². The summed E-state index contributed by atoms with van der Waals surface area (Å²) in [5, 5.41) is 19.2. The first-order valence-corrected chi connectivity index (χ1v) is 5.66. The van der Waals surface area contributed by atoms with Crippen molar-refractivity contribution in [2.75, 3.05) is 7.11 Å². The summed E-state index contributed by atoms with van der Waals surface area (Å²) < 4.78 is 18.9. The number of carboxylic acid groups (broad SMARTS) is 1. The monoisotopic (exact) mass is 256 g/mol. The number of benzene rings is 1. The van der Waals surface area contributed by atoms with Crippen molar-refractivity contribution in [1.82, 2.24) is 0 Å². The Labute approximate surface area is 105 Å². The van der Waals surface area contributed by atoms with E-state index >= 15 is 0 Å². The number of halogens is 1. The molecule has 0 radical (unpaired) electrons. The first-order valence-electron chi connectivity index (χ1n) is 5.66. The van der Waals surface area contributed by atoms with E-state index in [0.717, 1.165) is 0 Å². The minimum Gasteiger partial charge on any atom is -0.496 e. The molecular formula is C13H17FO4. The van der Waals surface area contributed by atoms with Crippen LogP contribution < -0.4 is 4.74 Å². The fraction of sp³-hybridized carbons (Fsp3) is 0.462. The second kappa shape index (κ2) is 5.35. The van der Waals surface area contributed by atoms with Crippen LogP contribution in [0.2, 0.25) is 0 Å². The molecule has 0 aliphatic carbocycles. The predicted molar refractivity (Wildman–Crippen MR) is 64.2 cm³/mol. The Morgan fingerprint density at radius 2 is 2.17 bits per heavy atom. The zero-order valence-electron chi connectivity index (χ0n) is 10.6. The molecule has 5 heteroatoms. The van der Waals surface area contributed by atoms with Gasteiger partial charge in [0.1, 0.15) is 11.6 Å². The zero-order valence-corrected chi connectivity index (χ0v) is 10.6. The minimum atomic E-state index is -2.02. The molecule has 2 atom stereocenters. The average Bonchev–Trinajstić information content (AvgIpc) is 2.36. The highest BCUT2D eigenvalue weighted by molar-refractivity contribution is 5.78. The lowest BCUT2D eigenvalue weighted by Gasteiger charge is -2.30. The maximum atomic E-state index is 13.8. The molecule has 0 amide bonds. The van der Waals surface area contributed by atoms with E-state index in [1.54, 1.807) is 0 Å². The number of aliphatic carboxylic acids is 1. The number of ether oxygens (including phenoxy) is 1. The van der Waals surface area contributed by atoms with Crippen molar-refractivity contribution in [3.8, 4) is 5.75 Å². The third kappa shape index (κ3) is 2.31. The summed E-state index contributed by atoms with van der Waals surface area (Å²) in [6.07, 6.45) is -0.0268. The van der Waals surface area contributed by atoms with Gasteiger partial charge in [-0.25, -0.2) is 9.18 Å². The quantitative estimate of drug-likeness (QED) is 0.847. The highest BCUT2D eigenvalue weighted by Gasteiger charge is 2.42. The second-order valence-corrected chi connectivity index (χ2v) is 4.16. The van der Waals surface area contributed by atoms with Gasteiger partial charge in [-0.3, -0.25) is 0 Å². The zero-order chi connectivity index (χ0) is 13.9. The third-order valence-corrected chi connectivity index (χ3v) is 3.29. The Hall–Kier alpha value is -1.62. The molecule has 0 saturated carbocycles. The molecule has 1 aromatic carbocycles. The lowest BCUT2D eigenvalue weighted by atomic mass is 9.81. The van der Waals surface area contributed by atoms with E-state index in [1.165, 1.54) is 39.2 Å². The average molecular weight is 256 g/mol. The van der Waals surface area contributed by atoms with Crippen LogP contribution in [0.4, 0.5) is 4.39 Å². The second-order valence-electron chi connectivity index (χ2n) is 4.16. The predicted octanol–water partition coefficient (Wildman–Crippen LogP) is 2.16. The SMILES string of the molecule is CCC(O)(C(=O)O)C(C)c1c(F)cccc1OC. The van der Waals surface area contributed by atoms with E-state index < -0.39 is 23.3 Å². The van der Waals surface area contributed by atoms with Crippen molar-refractivity contribution in [1.29, 1.82) is 0 Å². The molecule has 0 bridgehead atoms. The van der Waals surface area contributed by atoms with E-state index in [-0.39, 0.29) is 17.7 Å². The molecule has 4 nitrogen and oxygen atoms in total. The molecule has 100 valence electrons. The van der Waals surface area contributed by atoms with Gasteiger partial charge in [-0.05, 0) is 18.6 Å². The van der Waals surface area contributed by atoms with Crippen molar-refractivity contribution < 1.29 is 24.1 Å². The van der Waals surface area contributed by atoms with E-state index in [2.05, 4.69) is 0 Å². The van der Waals surface area contributed by atoms with Gasteiger partial charge in [-0.1, -0.05) is 19.9 Å². The smallest absolute Gasteiger partial charge is 0.336 e. The van der Waals surface area contributed by atoms with Crippen molar-refractivity contribution in [3.63, 3.8) is 0 Å². The number of aliphatic hydroxyl groups is 1. The first-order chi connectivity index (χ1) is 8.38. The van der Waals surface area contributed by atoms with Crippen molar-refractivity contribution >= 4 is 5.97 Å². The molecule has 0 aromatic heterocycles. The molecule has 1 aromatic rings. The van der Waals surface area contributed by atoms with E-state index in [1.807, 2.05) is 0 Å². The summed E-state index contributed by atoms with van der Waals surface area (Å²) in [6.45, 7) is 3.01. The molecule has 0 aliphatic rings. The molecule has 0 fully saturated rings. The Balaban J connectivity index is 3.33. The number of carbonyl (C=O) groups is 1. The van der Waals surface area contributed by atoms with Crippen LogP contribution in [-0.4, -0.2) is 28.9 Å². The number of hydrogen-bond acceptors (Lipinski definition) is 3. The van der Waals surface area contributed by atoms with Gasteiger partial charge in [0.2, 0.25) is 0 Å². The van der Waals surface area contributed by atoms with Crippen LogP contribution in [0.25, 0.3) is 0 Å². The van der Waals surface area contributed by atoms with E-state index in [9.17, 15) is 14.3 Å². The minimum absolute atomic E-state index is 0.0268. The van der Waals surface area contributed by atoms with Crippen LogP contribution in [0.15, 0.2) is 18.2 Å². The van der Waals surface area contributed by atoms with Crippen molar-refractivity contribution in [3.05, 3.63) is 29.6 Å². The van der Waals surface area contributed by atoms with Crippen LogP contribution in [0, 0.1) is 5.82 Å². The highest BCUT2D eigenvalue weighted by atomic mass is 19.1. The van der Waals surface area contributed by atoms with Crippen molar-refractivity contribution in [2.45, 2.75) is 31.8 Å². The summed E-state index contributed by atoms with van der Waals surface area (Å²) in [5.41, 5.74) is -1.94. The number of hydrogen-bond donors (Lipinski definition) is 2. The Bertz CT molecular complexity index is 447. The van der Waals surface area contributed by atoms with Crippen molar-refractivity contribution in [2.24, 2.45) is 0 Å². The van der Waals surface area contributed by atoms with E-state index in [0.29, 0.717) is 0 Å². The summed E-state index contributed by atoms with van der Waals surface area (Å²) in [4.78, 5) is 11.2. The number of methoxy groups -OCH3 is 1. The molecule has 18 heavy (non-hydrogen) atoms. The van der Waals surface area contributed by atoms with Crippen LogP contribution in [0.5, 0.6) is 5.75 Å². The summed E-state index contributed by atoms with van der Waals surface area (Å²) in [6, 6.07) is 4.22. The molecule has 0 heterocycles. The number of carboxylic acids is 1. The fourth-order valence-electron chi connectivity index (χ4n) is 2.00. The Morgan fingerprint density at radius 3 is 2.61 bits per heavy atom. The highest BCUT2D eigenvalue weighted by Crippen LogP contribution is 2.37. The molecular weight excluding hydrogens is 239 g/mol. The van der Waals surface area contributed by atoms with Crippen LogP contribution in [0.1, 0.15) is 31.7 Å². The summed E-state index contributed by atoms with van der Waals surface area (Å²) >= 11 is 0. The van der Waals surface area contributed by atoms with Gasteiger partial charge in [0.15, 0.2) is 5.60 Å². The third-order valence-electron chi connectivity index (χ3n) is 3.29. The Morgan fingerprint density at radius 1 is 1.56 bits per heavy atom. The topological polar surface area (TPSA) is 66.8 Å². The van der Waals surface area contributed by atoms with Crippen LogP contribution >= 0.6 is 0 Å². The first kappa shape index (κ1) is 14.4. The molecule has 0 saturated heterocycles. The fourth-order valence-corrected chi connectivity index (χ4v) is 2.00. The maximum Gasteiger partial charge on any atom is 0.336 e. The molecule has 1 rings (SSSR count).